The fourth-order valence-electron chi connectivity index (χ4n) is 2.70. The number of ether oxygens (including phenoxy) is 1. The number of hydrogen-bond donors (Lipinski definition) is 2. The molecule has 8 nitrogen and oxygen atoms in total. The Morgan fingerprint density at radius 2 is 1.85 bits per heavy atom. The van der Waals surface area contributed by atoms with Crippen molar-refractivity contribution in [2.24, 2.45) is 0 Å². The minimum absolute atomic E-state index is 0.0961. The van der Waals surface area contributed by atoms with Gasteiger partial charge in [0.1, 0.15) is 11.3 Å². The van der Waals surface area contributed by atoms with Crippen LogP contribution < -0.4 is 4.74 Å². The van der Waals surface area contributed by atoms with Gasteiger partial charge >= 0.3 is 6.16 Å². The lowest BCUT2D eigenvalue weighted by Gasteiger charge is -2.04. The van der Waals surface area contributed by atoms with Gasteiger partial charge in [0.2, 0.25) is 0 Å². The summed E-state index contributed by atoms with van der Waals surface area (Å²) in [4.78, 5) is 18.4. The molecule has 0 aliphatic heterocycles. The van der Waals surface area contributed by atoms with E-state index in [1.165, 1.54) is 30.6 Å². The first kappa shape index (κ1) is 16.9. The summed E-state index contributed by atoms with van der Waals surface area (Å²) >= 11 is 0. The van der Waals surface area contributed by atoms with Gasteiger partial charge in [-0.1, -0.05) is 24.3 Å². The fourth-order valence-corrected chi connectivity index (χ4v) is 3.92. The van der Waals surface area contributed by atoms with E-state index < -0.39 is 16.2 Å². The van der Waals surface area contributed by atoms with Crippen molar-refractivity contribution in [2.45, 2.75) is 4.90 Å². The molecule has 9 heteroatoms. The molecule has 2 aromatic carbocycles. The van der Waals surface area contributed by atoms with Gasteiger partial charge in [-0.15, -0.1) is 0 Å². The Hall–Kier alpha value is -3.59. The summed E-state index contributed by atoms with van der Waals surface area (Å²) in [6.45, 7) is 0. The first-order valence-corrected chi connectivity index (χ1v) is 9.28. The molecule has 0 amide bonds. The van der Waals surface area contributed by atoms with Crippen LogP contribution in [-0.2, 0) is 10.0 Å². The Kier molecular flexibility index (Phi) is 3.93. The number of nitrogens with one attached hydrogen (secondary N) is 1. The number of fused-ring (bicyclic) bond motifs is 1. The number of aromatic nitrogens is 3. The van der Waals surface area contributed by atoms with Crippen LogP contribution in [0.3, 0.4) is 0 Å². The molecule has 4 aromatic rings. The zero-order chi connectivity index (χ0) is 19.0. The molecule has 0 spiro atoms. The minimum Gasteiger partial charge on any atom is -0.449 e. The number of nitrogens with zero attached hydrogens (tertiary/aromatic N) is 2. The van der Waals surface area contributed by atoms with E-state index in [1.54, 1.807) is 36.4 Å². The quantitative estimate of drug-likeness (QED) is 0.413. The van der Waals surface area contributed by atoms with Crippen molar-refractivity contribution in [2.75, 3.05) is 0 Å². The number of aromatic amines is 1. The van der Waals surface area contributed by atoms with Crippen LogP contribution in [0.2, 0.25) is 0 Å². The number of rotatable bonds is 4. The second kappa shape index (κ2) is 6.29. The van der Waals surface area contributed by atoms with E-state index in [1.807, 2.05) is 0 Å². The number of imidazole rings is 1. The maximum Gasteiger partial charge on any atom is 0.511 e. The molecule has 0 atom stereocenters. The number of carboxylic acid groups (broad SMARTS) is 1. The van der Waals surface area contributed by atoms with E-state index in [0.717, 1.165) is 3.97 Å². The van der Waals surface area contributed by atoms with E-state index in [2.05, 4.69) is 9.97 Å². The zero-order valence-corrected chi connectivity index (χ0v) is 14.6. The normalized spacial score (nSPS) is 11.6. The maximum atomic E-state index is 12.7. The molecule has 27 heavy (non-hydrogen) atoms. The van der Waals surface area contributed by atoms with E-state index in [-0.39, 0.29) is 10.6 Å². The summed E-state index contributed by atoms with van der Waals surface area (Å²) in [6.07, 6.45) is 1.43. The molecule has 0 unspecified atom stereocenters. The fraction of sp³-hybridized carbons (Fsp3) is 0. The van der Waals surface area contributed by atoms with Crippen molar-refractivity contribution in [1.82, 2.24) is 13.9 Å². The van der Waals surface area contributed by atoms with Crippen molar-refractivity contribution >= 4 is 27.2 Å². The largest absolute Gasteiger partial charge is 0.511 e. The average molecular weight is 383 g/mol. The Balaban J connectivity index is 1.75. The smallest absolute Gasteiger partial charge is 0.449 e. The van der Waals surface area contributed by atoms with Gasteiger partial charge in [0.25, 0.3) is 10.0 Å². The molecule has 0 fully saturated rings. The third kappa shape index (κ3) is 3.04. The number of hydrogen-bond acceptors (Lipinski definition) is 5. The molecule has 2 N–H and O–H groups in total. The molecule has 0 saturated carbocycles. The van der Waals surface area contributed by atoms with Crippen molar-refractivity contribution < 1.29 is 23.1 Å². The van der Waals surface area contributed by atoms with Crippen LogP contribution in [0.4, 0.5) is 4.79 Å². The third-order valence-corrected chi connectivity index (χ3v) is 5.58. The SMILES string of the molecule is O=C(O)Oc1cccc2[nH]c(-c3ccn(S(=O)(=O)c4ccccc4)c3)nc12. The van der Waals surface area contributed by atoms with Gasteiger partial charge in [0.15, 0.2) is 5.75 Å². The Morgan fingerprint density at radius 1 is 1.07 bits per heavy atom. The van der Waals surface area contributed by atoms with Gasteiger partial charge in [-0.25, -0.2) is 22.2 Å². The van der Waals surface area contributed by atoms with Gasteiger partial charge in [0, 0.05) is 18.0 Å². The molecular weight excluding hydrogens is 370 g/mol. The van der Waals surface area contributed by atoms with Crippen molar-refractivity contribution in [3.05, 3.63) is 67.0 Å². The summed E-state index contributed by atoms with van der Waals surface area (Å²) in [5.41, 5.74) is 1.45. The molecule has 2 aromatic heterocycles. The Morgan fingerprint density at radius 3 is 2.59 bits per heavy atom. The molecular formula is C18H13N3O5S. The summed E-state index contributed by atoms with van der Waals surface area (Å²) in [5, 5.41) is 8.82. The number of benzene rings is 2. The lowest BCUT2D eigenvalue weighted by atomic mass is 10.3. The second-order valence-corrected chi connectivity index (χ2v) is 7.50. The topological polar surface area (TPSA) is 114 Å². The monoisotopic (exact) mass is 383 g/mol. The molecule has 0 bridgehead atoms. The summed E-state index contributed by atoms with van der Waals surface area (Å²) in [5.74, 6) is 0.493. The maximum absolute atomic E-state index is 12.7. The van der Waals surface area contributed by atoms with Crippen LogP contribution in [0.1, 0.15) is 0 Å². The highest BCUT2D eigenvalue weighted by atomic mass is 32.2. The van der Waals surface area contributed by atoms with Crippen LogP contribution in [0.25, 0.3) is 22.4 Å². The number of H-pyrrole nitrogens is 1. The molecule has 0 aliphatic rings. The first-order chi connectivity index (χ1) is 12.9. The van der Waals surface area contributed by atoms with E-state index in [0.29, 0.717) is 22.4 Å². The Bertz CT molecular complexity index is 1240. The number of carbonyl (C=O) groups is 1. The summed E-state index contributed by atoms with van der Waals surface area (Å²) in [6, 6.07) is 14.5. The lowest BCUT2D eigenvalue weighted by molar-refractivity contribution is 0.145. The lowest BCUT2D eigenvalue weighted by Crippen LogP contribution is -2.10. The van der Waals surface area contributed by atoms with Crippen LogP contribution >= 0.6 is 0 Å². The van der Waals surface area contributed by atoms with Crippen LogP contribution in [0.5, 0.6) is 5.75 Å². The highest BCUT2D eigenvalue weighted by molar-refractivity contribution is 7.90. The van der Waals surface area contributed by atoms with E-state index in [9.17, 15) is 13.2 Å². The van der Waals surface area contributed by atoms with Crippen molar-refractivity contribution in [3.63, 3.8) is 0 Å². The van der Waals surface area contributed by atoms with Gasteiger partial charge in [-0.2, -0.15) is 0 Å². The van der Waals surface area contributed by atoms with E-state index >= 15 is 0 Å². The molecule has 0 saturated heterocycles. The molecule has 0 radical (unpaired) electrons. The van der Waals surface area contributed by atoms with Gasteiger partial charge < -0.3 is 14.8 Å². The van der Waals surface area contributed by atoms with E-state index in [4.69, 9.17) is 9.84 Å². The van der Waals surface area contributed by atoms with Gasteiger partial charge in [-0.3, -0.25) is 0 Å². The Labute approximate surface area is 153 Å². The number of para-hydroxylation sites is 1. The van der Waals surface area contributed by atoms with Crippen molar-refractivity contribution in [3.8, 4) is 17.1 Å². The van der Waals surface area contributed by atoms with Crippen molar-refractivity contribution in [1.29, 1.82) is 0 Å². The first-order valence-electron chi connectivity index (χ1n) is 7.84. The molecule has 2 heterocycles. The highest BCUT2D eigenvalue weighted by Gasteiger charge is 2.18. The second-order valence-electron chi connectivity index (χ2n) is 5.65. The van der Waals surface area contributed by atoms with Gasteiger partial charge in [0.05, 0.1) is 10.4 Å². The summed E-state index contributed by atoms with van der Waals surface area (Å²) in [7, 11) is -3.71. The predicted octanol–water partition coefficient (Wildman–Crippen LogP) is 3.33. The van der Waals surface area contributed by atoms with Crippen LogP contribution in [-0.4, -0.2) is 33.6 Å². The molecule has 0 aliphatic carbocycles. The van der Waals surface area contributed by atoms with Crippen LogP contribution in [0.15, 0.2) is 71.9 Å². The highest BCUT2D eigenvalue weighted by Crippen LogP contribution is 2.28. The van der Waals surface area contributed by atoms with Crippen LogP contribution in [0, 0.1) is 0 Å². The predicted molar refractivity (Wildman–Crippen MR) is 97.2 cm³/mol. The van der Waals surface area contributed by atoms with Gasteiger partial charge in [-0.05, 0) is 30.3 Å². The molecule has 136 valence electrons. The summed E-state index contributed by atoms with van der Waals surface area (Å²) < 4.78 is 31.2. The third-order valence-electron chi connectivity index (χ3n) is 3.93. The molecule has 4 rings (SSSR count). The average Bonchev–Trinajstić information content (AvgIpc) is 3.30. The minimum atomic E-state index is -3.71. The zero-order valence-electron chi connectivity index (χ0n) is 13.7. The standard InChI is InChI=1S/C18H13N3O5S/c22-18(23)26-15-8-4-7-14-16(15)20-17(19-14)12-9-10-21(11-12)27(24,25)13-5-2-1-3-6-13/h1-11H,(H,19,20)(H,22,23).